The number of H-pyrrole nitrogens is 1. The highest BCUT2D eigenvalue weighted by atomic mass is 79.9. The Morgan fingerprint density at radius 2 is 2.20 bits per heavy atom. The van der Waals surface area contributed by atoms with Crippen LogP contribution < -0.4 is 5.56 Å². The number of aromatic nitrogens is 2. The van der Waals surface area contributed by atoms with Crippen LogP contribution in [0.2, 0.25) is 0 Å². The molecule has 0 atom stereocenters. The second-order valence-electron chi connectivity index (χ2n) is 3.25. The molecule has 0 aliphatic rings. The van der Waals surface area contributed by atoms with Crippen LogP contribution in [0.5, 0.6) is 0 Å². The highest BCUT2D eigenvalue weighted by Gasteiger charge is 2.09. The van der Waals surface area contributed by atoms with Crippen LogP contribution in [0.25, 0.3) is 10.7 Å². The van der Waals surface area contributed by atoms with E-state index in [-0.39, 0.29) is 5.56 Å². The van der Waals surface area contributed by atoms with Gasteiger partial charge in [0, 0.05) is 0 Å². The maximum Gasteiger partial charge on any atom is 0.265 e. The molecule has 15 heavy (non-hydrogen) atoms. The molecule has 0 saturated carbocycles. The maximum atomic E-state index is 11.5. The van der Waals surface area contributed by atoms with Crippen molar-refractivity contribution in [3.63, 3.8) is 0 Å². The molecule has 0 radical (unpaired) electrons. The van der Waals surface area contributed by atoms with E-state index in [9.17, 15) is 4.79 Å². The van der Waals surface area contributed by atoms with Gasteiger partial charge >= 0.3 is 0 Å². The molecule has 5 heteroatoms. The highest BCUT2D eigenvalue weighted by molar-refractivity contribution is 9.10. The minimum absolute atomic E-state index is 0.134. The lowest BCUT2D eigenvalue weighted by Gasteiger charge is -2.02. The number of hydrogen-bond donors (Lipinski definition) is 1. The van der Waals surface area contributed by atoms with Crippen molar-refractivity contribution in [2.45, 2.75) is 13.8 Å². The van der Waals surface area contributed by atoms with Gasteiger partial charge in [-0.15, -0.1) is 11.3 Å². The normalized spacial score (nSPS) is 10.6. The standard InChI is InChI=1S/C10H9BrN2OS/c1-5-3-4-15-8(5)9-12-6(2)7(11)10(14)13-9/h3-4H,1-2H3,(H,12,13,14). The third-order valence-electron chi connectivity index (χ3n) is 2.11. The average Bonchev–Trinajstić information content (AvgIpc) is 2.60. The van der Waals surface area contributed by atoms with E-state index in [1.165, 1.54) is 0 Å². The van der Waals surface area contributed by atoms with Gasteiger partial charge in [-0.25, -0.2) is 4.98 Å². The van der Waals surface area contributed by atoms with Gasteiger partial charge in [0.2, 0.25) is 0 Å². The molecular formula is C10H9BrN2OS. The van der Waals surface area contributed by atoms with E-state index in [1.807, 2.05) is 25.3 Å². The summed E-state index contributed by atoms with van der Waals surface area (Å²) in [4.78, 5) is 19.6. The van der Waals surface area contributed by atoms with Gasteiger partial charge < -0.3 is 4.98 Å². The van der Waals surface area contributed by atoms with Crippen LogP contribution in [0.4, 0.5) is 0 Å². The molecule has 0 aromatic carbocycles. The van der Waals surface area contributed by atoms with E-state index < -0.39 is 0 Å². The molecule has 0 amide bonds. The van der Waals surface area contributed by atoms with E-state index in [4.69, 9.17) is 0 Å². The van der Waals surface area contributed by atoms with Crippen molar-refractivity contribution in [2.24, 2.45) is 0 Å². The van der Waals surface area contributed by atoms with Crippen LogP contribution in [0.3, 0.4) is 0 Å². The SMILES string of the molecule is Cc1ccsc1-c1nc(C)c(Br)c(=O)[nH]1. The minimum Gasteiger partial charge on any atom is -0.305 e. The molecule has 3 nitrogen and oxygen atoms in total. The van der Waals surface area contributed by atoms with Crippen molar-refractivity contribution in [2.75, 3.05) is 0 Å². The zero-order chi connectivity index (χ0) is 11.0. The summed E-state index contributed by atoms with van der Waals surface area (Å²) in [5.41, 5.74) is 1.71. The summed E-state index contributed by atoms with van der Waals surface area (Å²) < 4.78 is 0.500. The monoisotopic (exact) mass is 284 g/mol. The first kappa shape index (κ1) is 10.6. The molecule has 2 heterocycles. The van der Waals surface area contributed by atoms with Crippen molar-refractivity contribution < 1.29 is 0 Å². The average molecular weight is 285 g/mol. The predicted octanol–water partition coefficient (Wildman–Crippen LogP) is 2.88. The summed E-state index contributed by atoms with van der Waals surface area (Å²) in [5, 5.41) is 1.99. The Morgan fingerprint density at radius 3 is 2.73 bits per heavy atom. The Balaban J connectivity index is 2.66. The Bertz CT molecular complexity index is 559. The van der Waals surface area contributed by atoms with Gasteiger partial charge in [-0.2, -0.15) is 0 Å². The maximum absolute atomic E-state index is 11.5. The summed E-state index contributed by atoms with van der Waals surface area (Å²) in [6.07, 6.45) is 0. The topological polar surface area (TPSA) is 45.8 Å². The Hall–Kier alpha value is -0.940. The Labute approximate surface area is 99.3 Å². The number of aryl methyl sites for hydroxylation is 2. The second kappa shape index (κ2) is 3.90. The summed E-state index contributed by atoms with van der Waals surface area (Å²) in [7, 11) is 0. The number of aromatic amines is 1. The van der Waals surface area contributed by atoms with E-state index >= 15 is 0 Å². The number of hydrogen-bond acceptors (Lipinski definition) is 3. The van der Waals surface area contributed by atoms with Crippen LogP contribution in [0, 0.1) is 13.8 Å². The molecule has 0 bridgehead atoms. The van der Waals surface area contributed by atoms with Crippen molar-refractivity contribution in [3.8, 4) is 10.7 Å². The molecular weight excluding hydrogens is 276 g/mol. The third kappa shape index (κ3) is 1.89. The predicted molar refractivity (Wildman–Crippen MR) is 65.3 cm³/mol. The molecule has 2 rings (SSSR count). The molecule has 0 aliphatic heterocycles. The van der Waals surface area contributed by atoms with Gasteiger partial charge in [0.15, 0.2) is 5.82 Å². The van der Waals surface area contributed by atoms with Gasteiger partial charge in [-0.05, 0) is 46.8 Å². The number of nitrogens with one attached hydrogen (secondary N) is 1. The van der Waals surface area contributed by atoms with E-state index in [2.05, 4.69) is 25.9 Å². The first-order valence-electron chi connectivity index (χ1n) is 4.40. The lowest BCUT2D eigenvalue weighted by Crippen LogP contribution is -2.11. The Morgan fingerprint density at radius 1 is 1.47 bits per heavy atom. The van der Waals surface area contributed by atoms with Gasteiger partial charge in [-0.3, -0.25) is 4.79 Å². The van der Waals surface area contributed by atoms with Gasteiger partial charge in [0.05, 0.1) is 10.6 Å². The van der Waals surface area contributed by atoms with E-state index in [0.717, 1.165) is 10.4 Å². The van der Waals surface area contributed by atoms with E-state index in [0.29, 0.717) is 16.0 Å². The van der Waals surface area contributed by atoms with E-state index in [1.54, 1.807) is 11.3 Å². The van der Waals surface area contributed by atoms with Crippen LogP contribution in [0.15, 0.2) is 20.7 Å². The van der Waals surface area contributed by atoms with Crippen molar-refractivity contribution in [3.05, 3.63) is 37.5 Å². The molecule has 0 spiro atoms. The van der Waals surface area contributed by atoms with Gasteiger partial charge in [-0.1, -0.05) is 0 Å². The fraction of sp³-hybridized carbons (Fsp3) is 0.200. The first-order valence-corrected chi connectivity index (χ1v) is 6.07. The van der Waals surface area contributed by atoms with Crippen LogP contribution in [0.1, 0.15) is 11.3 Å². The summed E-state index contributed by atoms with van der Waals surface area (Å²) in [6, 6.07) is 2.01. The smallest absolute Gasteiger partial charge is 0.265 e. The minimum atomic E-state index is -0.134. The molecule has 2 aromatic heterocycles. The first-order chi connectivity index (χ1) is 7.09. The van der Waals surface area contributed by atoms with Crippen LogP contribution in [-0.4, -0.2) is 9.97 Å². The van der Waals surface area contributed by atoms with Gasteiger partial charge in [0.25, 0.3) is 5.56 Å². The number of rotatable bonds is 1. The zero-order valence-electron chi connectivity index (χ0n) is 8.30. The summed E-state index contributed by atoms with van der Waals surface area (Å²) in [6.45, 7) is 3.81. The fourth-order valence-electron chi connectivity index (χ4n) is 1.29. The van der Waals surface area contributed by atoms with Gasteiger partial charge in [0.1, 0.15) is 4.47 Å². The lowest BCUT2D eigenvalue weighted by molar-refractivity contribution is 1.06. The van der Waals surface area contributed by atoms with Crippen molar-refractivity contribution >= 4 is 27.3 Å². The summed E-state index contributed by atoms with van der Waals surface area (Å²) in [5.74, 6) is 0.646. The van der Waals surface area contributed by atoms with Crippen molar-refractivity contribution in [1.29, 1.82) is 0 Å². The number of nitrogens with zero attached hydrogens (tertiary/aromatic N) is 1. The molecule has 0 unspecified atom stereocenters. The second-order valence-corrected chi connectivity index (χ2v) is 4.96. The summed E-state index contributed by atoms with van der Waals surface area (Å²) >= 11 is 4.77. The molecule has 0 fully saturated rings. The molecule has 1 N–H and O–H groups in total. The lowest BCUT2D eigenvalue weighted by atomic mass is 10.3. The van der Waals surface area contributed by atoms with Crippen LogP contribution >= 0.6 is 27.3 Å². The molecule has 0 saturated heterocycles. The number of halogens is 1. The zero-order valence-corrected chi connectivity index (χ0v) is 10.7. The van der Waals surface area contributed by atoms with Crippen LogP contribution in [-0.2, 0) is 0 Å². The number of thiophene rings is 1. The fourth-order valence-corrected chi connectivity index (χ4v) is 2.35. The van der Waals surface area contributed by atoms with Crippen molar-refractivity contribution in [1.82, 2.24) is 9.97 Å². The molecule has 2 aromatic rings. The highest BCUT2D eigenvalue weighted by Crippen LogP contribution is 2.25. The molecule has 0 aliphatic carbocycles. The Kier molecular flexibility index (Phi) is 2.75. The molecule has 78 valence electrons. The largest absolute Gasteiger partial charge is 0.305 e. The third-order valence-corrected chi connectivity index (χ3v) is 4.06. The quantitative estimate of drug-likeness (QED) is 0.875.